The minimum absolute atomic E-state index is 0.0864. The molecule has 0 bridgehead atoms. The maximum absolute atomic E-state index is 12.9. The number of amides is 3. The van der Waals surface area contributed by atoms with Crippen molar-refractivity contribution in [3.05, 3.63) is 65.7 Å². The molecule has 170 valence electrons. The molecular weight excluding hydrogens is 410 g/mol. The second-order valence-electron chi connectivity index (χ2n) is 7.72. The number of rotatable bonds is 10. The van der Waals surface area contributed by atoms with Gasteiger partial charge in [-0.05, 0) is 29.2 Å². The highest BCUT2D eigenvalue weighted by Gasteiger charge is 2.23. The summed E-state index contributed by atoms with van der Waals surface area (Å²) in [5, 5.41) is 8.09. The topological polar surface area (TPSA) is 114 Å². The molecule has 32 heavy (non-hydrogen) atoms. The number of carbonyl (C=O) groups is 4. The number of nitrogens with one attached hydrogen (secondary N) is 3. The Morgan fingerprint density at radius 2 is 1.56 bits per heavy atom. The summed E-state index contributed by atoms with van der Waals surface area (Å²) in [6.07, 6.45) is 0.409. The molecule has 2 aromatic rings. The molecular formula is C24H29N3O5. The van der Waals surface area contributed by atoms with Crippen molar-refractivity contribution in [2.24, 2.45) is 5.92 Å². The van der Waals surface area contributed by atoms with E-state index in [2.05, 4.69) is 20.7 Å². The molecule has 0 fully saturated rings. The molecule has 1 unspecified atom stereocenters. The average molecular weight is 440 g/mol. The number of hydrogen-bond acceptors (Lipinski definition) is 5. The molecule has 0 saturated heterocycles. The van der Waals surface area contributed by atoms with Crippen molar-refractivity contribution in [2.75, 3.05) is 19.0 Å². The molecule has 8 nitrogen and oxygen atoms in total. The lowest BCUT2D eigenvalue weighted by Gasteiger charge is -2.19. The van der Waals surface area contributed by atoms with Crippen molar-refractivity contribution < 1.29 is 23.9 Å². The summed E-state index contributed by atoms with van der Waals surface area (Å²) < 4.78 is 4.48. The van der Waals surface area contributed by atoms with Crippen molar-refractivity contribution in [2.45, 2.75) is 32.7 Å². The molecule has 1 atom stereocenters. The van der Waals surface area contributed by atoms with Gasteiger partial charge in [-0.3, -0.25) is 19.2 Å². The van der Waals surface area contributed by atoms with E-state index in [9.17, 15) is 19.2 Å². The van der Waals surface area contributed by atoms with E-state index in [0.29, 0.717) is 17.7 Å². The van der Waals surface area contributed by atoms with Crippen LogP contribution in [0.3, 0.4) is 0 Å². The summed E-state index contributed by atoms with van der Waals surface area (Å²) in [4.78, 5) is 48.2. The van der Waals surface area contributed by atoms with Crippen LogP contribution in [0.15, 0.2) is 54.6 Å². The number of hydrogen-bond donors (Lipinski definition) is 3. The second kappa shape index (κ2) is 12.2. The molecule has 0 aliphatic heterocycles. The zero-order valence-corrected chi connectivity index (χ0v) is 18.5. The second-order valence-corrected chi connectivity index (χ2v) is 7.72. The fourth-order valence-electron chi connectivity index (χ4n) is 2.95. The molecule has 0 aliphatic carbocycles. The Labute approximate surface area is 187 Å². The highest BCUT2D eigenvalue weighted by Crippen LogP contribution is 2.18. The van der Waals surface area contributed by atoms with Gasteiger partial charge in [0.2, 0.25) is 11.8 Å². The van der Waals surface area contributed by atoms with Gasteiger partial charge in [0.25, 0.3) is 5.91 Å². The van der Waals surface area contributed by atoms with E-state index in [1.807, 2.05) is 32.0 Å². The van der Waals surface area contributed by atoms with E-state index < -0.39 is 12.0 Å². The minimum atomic E-state index is -0.828. The first-order valence-electron chi connectivity index (χ1n) is 10.4. The van der Waals surface area contributed by atoms with Gasteiger partial charge < -0.3 is 20.7 Å². The van der Waals surface area contributed by atoms with Crippen LogP contribution in [0.1, 0.15) is 37.4 Å². The van der Waals surface area contributed by atoms with E-state index in [4.69, 9.17) is 0 Å². The standard InChI is InChI=1S/C24H29N3O5/c1-16(2)13-21(29)27-23(18-7-5-4-6-8-18)24(31)26-19-11-9-17(10-12-19)14-20(28)25-15-22(30)32-3/h4-12,16,23H,13-15H2,1-3H3,(H,25,28)(H,26,31)(H,27,29). The van der Waals surface area contributed by atoms with Gasteiger partial charge in [0.05, 0.1) is 13.5 Å². The number of carbonyl (C=O) groups excluding carboxylic acids is 4. The monoisotopic (exact) mass is 439 g/mol. The van der Waals surface area contributed by atoms with Crippen molar-refractivity contribution in [1.29, 1.82) is 0 Å². The number of anilines is 1. The molecule has 0 heterocycles. The maximum atomic E-state index is 12.9. The lowest BCUT2D eigenvalue weighted by Crippen LogP contribution is -2.37. The molecule has 0 aromatic heterocycles. The van der Waals surface area contributed by atoms with Gasteiger partial charge >= 0.3 is 5.97 Å². The van der Waals surface area contributed by atoms with Crippen LogP contribution < -0.4 is 16.0 Å². The Bertz CT molecular complexity index is 926. The first-order valence-corrected chi connectivity index (χ1v) is 10.4. The van der Waals surface area contributed by atoms with E-state index >= 15 is 0 Å². The third-order valence-corrected chi connectivity index (χ3v) is 4.54. The quantitative estimate of drug-likeness (QED) is 0.492. The van der Waals surface area contributed by atoms with E-state index in [1.165, 1.54) is 7.11 Å². The van der Waals surface area contributed by atoms with Crippen LogP contribution in [0.4, 0.5) is 5.69 Å². The van der Waals surface area contributed by atoms with Gasteiger partial charge in [0.1, 0.15) is 12.6 Å². The van der Waals surface area contributed by atoms with E-state index in [1.54, 1.807) is 36.4 Å². The normalized spacial score (nSPS) is 11.4. The number of ether oxygens (including phenoxy) is 1. The SMILES string of the molecule is COC(=O)CNC(=O)Cc1ccc(NC(=O)C(NC(=O)CC(C)C)c2ccccc2)cc1. The van der Waals surface area contributed by atoms with Crippen molar-refractivity contribution in [3.63, 3.8) is 0 Å². The summed E-state index contributed by atoms with van der Waals surface area (Å²) in [5.41, 5.74) is 1.93. The molecule has 3 N–H and O–H groups in total. The maximum Gasteiger partial charge on any atom is 0.325 e. The summed E-state index contributed by atoms with van der Waals surface area (Å²) in [6, 6.07) is 15.0. The van der Waals surface area contributed by atoms with E-state index in [0.717, 1.165) is 5.56 Å². The highest BCUT2D eigenvalue weighted by atomic mass is 16.5. The Balaban J connectivity index is 2.02. The predicted molar refractivity (Wildman–Crippen MR) is 121 cm³/mol. The molecule has 0 spiro atoms. The van der Waals surface area contributed by atoms with Crippen molar-refractivity contribution in [1.82, 2.24) is 10.6 Å². The third kappa shape index (κ3) is 8.22. The zero-order valence-electron chi connectivity index (χ0n) is 18.5. The van der Waals surface area contributed by atoms with Crippen molar-refractivity contribution >= 4 is 29.4 Å². The third-order valence-electron chi connectivity index (χ3n) is 4.54. The van der Waals surface area contributed by atoms with Crippen LogP contribution in [0.5, 0.6) is 0 Å². The van der Waals surface area contributed by atoms with Gasteiger partial charge in [0.15, 0.2) is 0 Å². The first-order chi connectivity index (χ1) is 15.3. The Kier molecular flexibility index (Phi) is 9.41. The number of methoxy groups -OCH3 is 1. The van der Waals surface area contributed by atoms with Crippen LogP contribution in [-0.4, -0.2) is 37.3 Å². The van der Waals surface area contributed by atoms with Gasteiger partial charge in [-0.25, -0.2) is 0 Å². The number of esters is 1. The number of benzene rings is 2. The summed E-state index contributed by atoms with van der Waals surface area (Å²) in [7, 11) is 1.25. The molecule has 2 rings (SSSR count). The molecule has 8 heteroatoms. The van der Waals surface area contributed by atoms with Crippen LogP contribution in [0.25, 0.3) is 0 Å². The van der Waals surface area contributed by atoms with Crippen molar-refractivity contribution in [3.8, 4) is 0 Å². The lowest BCUT2D eigenvalue weighted by molar-refractivity contribution is -0.141. The lowest BCUT2D eigenvalue weighted by atomic mass is 10.0. The Hall–Kier alpha value is -3.68. The van der Waals surface area contributed by atoms with Gasteiger partial charge in [0, 0.05) is 12.1 Å². The van der Waals surface area contributed by atoms with Gasteiger partial charge in [-0.15, -0.1) is 0 Å². The molecule has 0 saturated carbocycles. The average Bonchev–Trinajstić information content (AvgIpc) is 2.77. The smallest absolute Gasteiger partial charge is 0.325 e. The fraction of sp³-hybridized carbons (Fsp3) is 0.333. The van der Waals surface area contributed by atoms with Gasteiger partial charge in [-0.1, -0.05) is 56.3 Å². The zero-order chi connectivity index (χ0) is 23.5. The minimum Gasteiger partial charge on any atom is -0.468 e. The van der Waals surface area contributed by atoms with E-state index in [-0.39, 0.29) is 36.6 Å². The molecule has 0 radical (unpaired) electrons. The largest absolute Gasteiger partial charge is 0.468 e. The molecule has 0 aliphatic rings. The highest BCUT2D eigenvalue weighted by molar-refractivity contribution is 5.98. The summed E-state index contributed by atoms with van der Waals surface area (Å²) in [6.45, 7) is 3.69. The van der Waals surface area contributed by atoms with Crippen LogP contribution in [-0.2, 0) is 30.3 Å². The van der Waals surface area contributed by atoms with Gasteiger partial charge in [-0.2, -0.15) is 0 Å². The Morgan fingerprint density at radius 1 is 0.906 bits per heavy atom. The van der Waals surface area contributed by atoms with Crippen LogP contribution in [0, 0.1) is 5.92 Å². The fourth-order valence-corrected chi connectivity index (χ4v) is 2.95. The predicted octanol–water partition coefficient (Wildman–Crippen LogP) is 2.36. The van der Waals surface area contributed by atoms with Crippen LogP contribution in [0.2, 0.25) is 0 Å². The first kappa shape index (κ1) is 24.6. The Morgan fingerprint density at radius 3 is 2.16 bits per heavy atom. The molecule has 2 aromatic carbocycles. The summed E-state index contributed by atoms with van der Waals surface area (Å²) >= 11 is 0. The summed E-state index contributed by atoms with van der Waals surface area (Å²) in [5.74, 6) is -1.23. The molecule has 3 amide bonds. The van der Waals surface area contributed by atoms with Crippen LogP contribution >= 0.6 is 0 Å².